The van der Waals surface area contributed by atoms with E-state index in [2.05, 4.69) is 4.98 Å². The summed E-state index contributed by atoms with van der Waals surface area (Å²) in [4.78, 5) is 30.6. The van der Waals surface area contributed by atoms with Crippen LogP contribution in [0.3, 0.4) is 0 Å². The fourth-order valence-electron chi connectivity index (χ4n) is 3.27. The number of likely N-dealkylation sites (tertiary alicyclic amines) is 1. The Hall–Kier alpha value is -2.16. The summed E-state index contributed by atoms with van der Waals surface area (Å²) >= 11 is 0.325. The molecule has 1 unspecified atom stereocenters. The lowest BCUT2D eigenvalue weighted by atomic mass is 9.98. The van der Waals surface area contributed by atoms with Crippen molar-refractivity contribution in [2.45, 2.75) is 37.2 Å². The third-order valence-electron chi connectivity index (χ3n) is 4.50. The van der Waals surface area contributed by atoms with Gasteiger partial charge in [0.05, 0.1) is 23.6 Å². The van der Waals surface area contributed by atoms with E-state index < -0.39 is 5.76 Å². The van der Waals surface area contributed by atoms with Gasteiger partial charge in [0.1, 0.15) is 6.54 Å². The quantitative estimate of drug-likeness (QED) is 0.553. The Labute approximate surface area is 159 Å². The minimum absolute atomic E-state index is 0.0922. The van der Waals surface area contributed by atoms with E-state index in [4.69, 9.17) is 4.74 Å². The van der Waals surface area contributed by atoms with E-state index in [0.717, 1.165) is 0 Å². The maximum absolute atomic E-state index is 12.9. The first-order chi connectivity index (χ1) is 13.0. The summed E-state index contributed by atoms with van der Waals surface area (Å²) in [5.74, 6) is -3.48. The molecule has 0 bridgehead atoms. The van der Waals surface area contributed by atoms with Gasteiger partial charge in [0.2, 0.25) is 5.91 Å². The third kappa shape index (κ3) is 4.58. The Morgan fingerprint density at radius 2 is 2.15 bits per heavy atom. The second kappa shape index (κ2) is 8.69. The number of carbonyl (C=O) groups excluding carboxylic acids is 2. The largest absolute Gasteiger partial charge is 0.466 e. The third-order valence-corrected chi connectivity index (χ3v) is 5.20. The van der Waals surface area contributed by atoms with Gasteiger partial charge in [-0.1, -0.05) is 12.1 Å². The van der Waals surface area contributed by atoms with Crippen molar-refractivity contribution in [1.82, 2.24) is 14.5 Å². The molecule has 0 aliphatic carbocycles. The van der Waals surface area contributed by atoms with Crippen LogP contribution in [0.1, 0.15) is 19.8 Å². The molecule has 6 nitrogen and oxygen atoms in total. The molecular weight excluding hydrogens is 376 g/mol. The number of piperidine rings is 1. The molecule has 1 aromatic carbocycles. The molecule has 1 aromatic heterocycles. The maximum atomic E-state index is 12.9. The van der Waals surface area contributed by atoms with Gasteiger partial charge in [0.25, 0.3) is 5.76 Å². The number of imidazole rings is 1. The summed E-state index contributed by atoms with van der Waals surface area (Å²) in [6, 6.07) is 7.03. The van der Waals surface area contributed by atoms with Gasteiger partial charge in [-0.2, -0.15) is 8.78 Å². The number of para-hydroxylation sites is 2. The van der Waals surface area contributed by atoms with Crippen LogP contribution in [-0.4, -0.2) is 51.8 Å². The minimum Gasteiger partial charge on any atom is -0.466 e. The number of rotatable bonds is 6. The molecule has 0 N–H and O–H groups in total. The van der Waals surface area contributed by atoms with Gasteiger partial charge >= 0.3 is 5.97 Å². The number of halogens is 2. The molecule has 1 saturated heterocycles. The van der Waals surface area contributed by atoms with Crippen LogP contribution in [0.4, 0.5) is 8.78 Å². The molecule has 0 saturated carbocycles. The molecule has 1 fully saturated rings. The predicted octanol–water partition coefficient (Wildman–Crippen LogP) is 3.15. The number of ether oxygens (including phenoxy) is 1. The average molecular weight is 397 g/mol. The van der Waals surface area contributed by atoms with E-state index in [1.807, 2.05) is 0 Å². The van der Waals surface area contributed by atoms with Crippen molar-refractivity contribution in [1.29, 1.82) is 0 Å². The zero-order chi connectivity index (χ0) is 19.4. The molecule has 146 valence electrons. The van der Waals surface area contributed by atoms with Crippen molar-refractivity contribution in [3.8, 4) is 0 Å². The molecule has 1 aliphatic rings. The number of hydrogen-bond acceptors (Lipinski definition) is 5. The lowest BCUT2D eigenvalue weighted by Gasteiger charge is -2.31. The Kier molecular flexibility index (Phi) is 6.30. The number of thioether (sulfide) groups is 1. The first-order valence-corrected chi connectivity index (χ1v) is 9.72. The molecule has 9 heteroatoms. The fourth-order valence-corrected chi connectivity index (χ4v) is 3.87. The molecule has 1 amide bonds. The van der Waals surface area contributed by atoms with Crippen LogP contribution in [0.25, 0.3) is 11.0 Å². The van der Waals surface area contributed by atoms with Crippen molar-refractivity contribution >= 4 is 34.7 Å². The fraction of sp³-hybridized carbons (Fsp3) is 0.500. The number of benzene rings is 1. The van der Waals surface area contributed by atoms with Gasteiger partial charge in [-0.25, -0.2) is 4.98 Å². The summed E-state index contributed by atoms with van der Waals surface area (Å²) in [5, 5.41) is 0.110. The molecule has 27 heavy (non-hydrogen) atoms. The highest BCUT2D eigenvalue weighted by Gasteiger charge is 2.30. The second-order valence-corrected chi connectivity index (χ2v) is 7.24. The number of aromatic nitrogens is 2. The van der Waals surface area contributed by atoms with Gasteiger partial charge in [-0.3, -0.25) is 9.59 Å². The second-order valence-electron chi connectivity index (χ2n) is 6.28. The van der Waals surface area contributed by atoms with E-state index in [0.29, 0.717) is 55.3 Å². The van der Waals surface area contributed by atoms with Gasteiger partial charge in [-0.15, -0.1) is 0 Å². The van der Waals surface area contributed by atoms with E-state index in [1.165, 1.54) is 4.57 Å². The molecular formula is C18H21F2N3O3S. The van der Waals surface area contributed by atoms with Crippen LogP contribution >= 0.6 is 11.8 Å². The number of fused-ring (bicyclic) bond motifs is 1. The number of nitrogens with zero attached hydrogens (tertiary/aromatic N) is 3. The number of hydrogen-bond donors (Lipinski definition) is 0. The van der Waals surface area contributed by atoms with Gasteiger partial charge < -0.3 is 14.2 Å². The monoisotopic (exact) mass is 397 g/mol. The first-order valence-electron chi connectivity index (χ1n) is 8.84. The molecule has 0 radical (unpaired) electrons. The summed E-state index contributed by atoms with van der Waals surface area (Å²) in [6.07, 6.45) is 1.39. The van der Waals surface area contributed by atoms with Crippen molar-refractivity contribution in [2.75, 3.05) is 19.7 Å². The van der Waals surface area contributed by atoms with Crippen LogP contribution in [-0.2, 0) is 20.9 Å². The van der Waals surface area contributed by atoms with Crippen molar-refractivity contribution in [3.63, 3.8) is 0 Å². The smallest absolute Gasteiger partial charge is 0.310 e. The number of esters is 1. The average Bonchev–Trinajstić information content (AvgIpc) is 2.98. The Bertz CT molecular complexity index is 827. The summed E-state index contributed by atoms with van der Waals surface area (Å²) in [6.45, 7) is 2.79. The Morgan fingerprint density at radius 3 is 2.89 bits per heavy atom. The van der Waals surface area contributed by atoms with Crippen LogP contribution in [0, 0.1) is 5.92 Å². The zero-order valence-corrected chi connectivity index (χ0v) is 15.8. The summed E-state index contributed by atoms with van der Waals surface area (Å²) in [7, 11) is 0. The molecule has 1 aliphatic heterocycles. The van der Waals surface area contributed by atoms with Gasteiger partial charge in [0, 0.05) is 13.1 Å². The van der Waals surface area contributed by atoms with E-state index in [-0.39, 0.29) is 29.5 Å². The number of carbonyl (C=O) groups is 2. The zero-order valence-electron chi connectivity index (χ0n) is 14.9. The predicted molar refractivity (Wildman–Crippen MR) is 97.5 cm³/mol. The topological polar surface area (TPSA) is 64.4 Å². The van der Waals surface area contributed by atoms with E-state index in [9.17, 15) is 18.4 Å². The lowest BCUT2D eigenvalue weighted by molar-refractivity contribution is -0.151. The van der Waals surface area contributed by atoms with Crippen molar-refractivity contribution in [3.05, 3.63) is 24.3 Å². The maximum Gasteiger partial charge on any atom is 0.310 e. The van der Waals surface area contributed by atoms with Crippen molar-refractivity contribution in [2.24, 2.45) is 5.92 Å². The molecule has 1 atom stereocenters. The molecule has 0 spiro atoms. The number of alkyl halides is 2. The molecule has 2 aromatic rings. The van der Waals surface area contributed by atoms with Crippen LogP contribution in [0.15, 0.2) is 29.4 Å². The normalized spacial score (nSPS) is 17.5. The van der Waals surface area contributed by atoms with Crippen LogP contribution in [0.2, 0.25) is 0 Å². The Balaban J connectivity index is 1.78. The van der Waals surface area contributed by atoms with Gasteiger partial charge in [-0.05, 0) is 43.7 Å². The highest BCUT2D eigenvalue weighted by Crippen LogP contribution is 2.29. The van der Waals surface area contributed by atoms with Crippen molar-refractivity contribution < 1.29 is 23.1 Å². The van der Waals surface area contributed by atoms with E-state index in [1.54, 1.807) is 36.1 Å². The van der Waals surface area contributed by atoms with E-state index >= 15 is 0 Å². The first kappa shape index (κ1) is 19.6. The Morgan fingerprint density at radius 1 is 1.37 bits per heavy atom. The standard InChI is InChI=1S/C18H21F2N3O3S/c1-2-26-16(25)12-6-5-9-22(10-12)15(24)11-23-14-8-4-3-7-13(14)21-18(23)27-17(19)20/h3-4,7-8,12,17H,2,5-6,9-11H2,1H3. The molecule has 3 rings (SSSR count). The summed E-state index contributed by atoms with van der Waals surface area (Å²) < 4.78 is 32.4. The highest BCUT2D eigenvalue weighted by molar-refractivity contribution is 7.99. The molecule has 2 heterocycles. The summed E-state index contributed by atoms with van der Waals surface area (Å²) in [5.41, 5.74) is 1.20. The van der Waals surface area contributed by atoms with Crippen LogP contribution < -0.4 is 0 Å². The van der Waals surface area contributed by atoms with Crippen LogP contribution in [0.5, 0.6) is 0 Å². The highest BCUT2D eigenvalue weighted by atomic mass is 32.2. The number of amides is 1. The lowest BCUT2D eigenvalue weighted by Crippen LogP contribution is -2.44. The SMILES string of the molecule is CCOC(=O)C1CCCN(C(=O)Cn2c(SC(F)F)nc3ccccc32)C1. The minimum atomic E-state index is -2.63. The van der Waals surface area contributed by atoms with Gasteiger partial charge in [0.15, 0.2) is 5.16 Å².